The van der Waals surface area contributed by atoms with Crippen molar-refractivity contribution >= 4 is 11.6 Å². The molecule has 0 amide bonds. The van der Waals surface area contributed by atoms with Crippen LogP contribution in [0.2, 0.25) is 0 Å². The van der Waals surface area contributed by atoms with Crippen molar-refractivity contribution in [2.75, 3.05) is 0 Å². The van der Waals surface area contributed by atoms with Crippen LogP contribution in [-0.4, -0.2) is 11.6 Å². The van der Waals surface area contributed by atoms with Crippen LogP contribution in [0.4, 0.5) is 0 Å². The molecule has 2 nitrogen and oxygen atoms in total. The van der Waals surface area contributed by atoms with Crippen molar-refractivity contribution in [2.45, 2.75) is 26.7 Å². The van der Waals surface area contributed by atoms with Gasteiger partial charge in [0.05, 0.1) is 6.42 Å². The molecule has 9 heavy (non-hydrogen) atoms. The Balaban J connectivity index is 0. The summed E-state index contributed by atoms with van der Waals surface area (Å²) in [5.41, 5.74) is 0. The van der Waals surface area contributed by atoms with Crippen molar-refractivity contribution in [1.29, 1.82) is 0 Å². The van der Waals surface area contributed by atoms with Crippen LogP contribution in [0.3, 0.4) is 0 Å². The minimum absolute atomic E-state index is 0. The predicted molar refractivity (Wildman–Crippen MR) is 30.6 cm³/mol. The van der Waals surface area contributed by atoms with Gasteiger partial charge in [0.1, 0.15) is 11.6 Å². The maximum Gasteiger partial charge on any atom is 0.139 e. The van der Waals surface area contributed by atoms with Gasteiger partial charge in [-0.15, -0.1) is 0 Å². The second-order valence-electron chi connectivity index (χ2n) is 1.77. The van der Waals surface area contributed by atoms with Gasteiger partial charge in [-0.3, -0.25) is 9.59 Å². The molecule has 0 aliphatic carbocycles. The van der Waals surface area contributed by atoms with Gasteiger partial charge in [0.15, 0.2) is 0 Å². The smallest absolute Gasteiger partial charge is 0.139 e. The van der Waals surface area contributed by atoms with E-state index in [4.69, 9.17) is 0 Å². The molecule has 0 saturated heterocycles. The summed E-state index contributed by atoms with van der Waals surface area (Å²) in [5, 5.41) is 0. The molecule has 3 heteroatoms. The van der Waals surface area contributed by atoms with Gasteiger partial charge in [-0.25, -0.2) is 0 Å². The summed E-state index contributed by atoms with van der Waals surface area (Å²) in [6.07, 6.45) is 0.579. The van der Waals surface area contributed by atoms with Crippen molar-refractivity contribution in [3.8, 4) is 0 Å². The molecule has 0 unspecified atom stereocenters. The second-order valence-corrected chi connectivity index (χ2v) is 1.77. The molecule has 0 aromatic heterocycles. The molecule has 0 bridgehead atoms. The summed E-state index contributed by atoms with van der Waals surface area (Å²) in [6, 6.07) is 0. The Morgan fingerprint density at radius 1 is 1.33 bits per heavy atom. The van der Waals surface area contributed by atoms with Gasteiger partial charge in [-0.05, 0) is 6.92 Å². The van der Waals surface area contributed by atoms with E-state index in [1.807, 2.05) is 0 Å². The Bertz CT molecular complexity index is 110. The van der Waals surface area contributed by atoms with E-state index in [0.29, 0.717) is 6.42 Å². The van der Waals surface area contributed by atoms with Gasteiger partial charge < -0.3 is 0 Å². The third-order valence-corrected chi connectivity index (χ3v) is 0.840. The fraction of sp³-hybridized carbons (Fsp3) is 0.667. The normalized spacial score (nSPS) is 7.78. The Morgan fingerprint density at radius 3 is 1.89 bits per heavy atom. The van der Waals surface area contributed by atoms with Crippen LogP contribution in [0.1, 0.15) is 26.7 Å². The maximum atomic E-state index is 10.4. The van der Waals surface area contributed by atoms with Crippen LogP contribution in [0.15, 0.2) is 0 Å². The Kier molecular flexibility index (Phi) is 7.86. The molecule has 0 aromatic carbocycles. The van der Waals surface area contributed by atoms with Gasteiger partial charge in [0.2, 0.25) is 0 Å². The average Bonchev–Trinajstić information content (AvgIpc) is 1.65. The van der Waals surface area contributed by atoms with E-state index in [-0.39, 0.29) is 36.5 Å². The number of hydrogen-bond donors (Lipinski definition) is 0. The van der Waals surface area contributed by atoms with Crippen molar-refractivity contribution in [3.63, 3.8) is 0 Å². The largest absolute Gasteiger partial charge is 0.300 e. The zero-order valence-electron chi connectivity index (χ0n) is 5.68. The molecule has 1 radical (unpaired) electrons. The number of carbonyl (C=O) groups excluding carboxylic acids is 2. The van der Waals surface area contributed by atoms with Crippen molar-refractivity contribution in [1.82, 2.24) is 0 Å². The fourth-order valence-electron chi connectivity index (χ4n) is 0.403. The number of Topliss-reactive ketones (excluding diaryl/α,β-unsaturated/α-hetero) is 2. The van der Waals surface area contributed by atoms with Gasteiger partial charge in [0, 0.05) is 25.0 Å². The molecule has 0 aliphatic heterocycles. The summed E-state index contributed by atoms with van der Waals surface area (Å²) in [7, 11) is 0. The molecule has 0 spiro atoms. The monoisotopic (exact) mass is 165 g/mol. The van der Waals surface area contributed by atoms with Gasteiger partial charge >= 0.3 is 0 Å². The Morgan fingerprint density at radius 2 is 1.78 bits per heavy atom. The van der Waals surface area contributed by atoms with Crippen LogP contribution in [0, 0.1) is 0 Å². The van der Waals surface area contributed by atoms with Crippen LogP contribution >= 0.6 is 0 Å². The van der Waals surface area contributed by atoms with Crippen molar-refractivity contribution in [2.24, 2.45) is 0 Å². The zero-order valence-corrected chi connectivity index (χ0v) is 7.07. The third kappa shape index (κ3) is 7.92. The average molecular weight is 165 g/mol. The second kappa shape index (κ2) is 6.05. The molecule has 51 valence electrons. The van der Waals surface area contributed by atoms with Crippen LogP contribution in [-0.2, 0) is 28.1 Å². The predicted octanol–water partition coefficient (Wildman–Crippen LogP) is 0.942. The number of carbonyl (C=O) groups is 2. The minimum atomic E-state index is -0.0446. The van der Waals surface area contributed by atoms with E-state index in [1.54, 1.807) is 6.92 Å². The first kappa shape index (κ1) is 11.7. The molecule has 0 atom stereocenters. The topological polar surface area (TPSA) is 34.1 Å². The van der Waals surface area contributed by atoms with E-state index < -0.39 is 0 Å². The molecule has 0 fully saturated rings. The molecule has 0 aliphatic rings. The molecule has 0 rings (SSSR count). The van der Waals surface area contributed by atoms with E-state index in [9.17, 15) is 9.59 Å². The van der Waals surface area contributed by atoms with E-state index in [1.165, 1.54) is 6.92 Å². The van der Waals surface area contributed by atoms with Crippen molar-refractivity contribution < 1.29 is 28.1 Å². The summed E-state index contributed by atoms with van der Waals surface area (Å²) < 4.78 is 0. The van der Waals surface area contributed by atoms with Crippen LogP contribution in [0.5, 0.6) is 0 Å². The first-order chi connectivity index (χ1) is 3.66. The standard InChI is InChI=1S/C6H10O2.V/c1-3-6(8)4-5(2)7;/h3-4H2,1-2H3;. The summed E-state index contributed by atoms with van der Waals surface area (Å²) >= 11 is 0. The minimum Gasteiger partial charge on any atom is -0.300 e. The maximum absolute atomic E-state index is 10.4. The van der Waals surface area contributed by atoms with Gasteiger partial charge in [-0.2, -0.15) is 0 Å². The zero-order chi connectivity index (χ0) is 6.57. The number of hydrogen-bond acceptors (Lipinski definition) is 2. The summed E-state index contributed by atoms with van der Waals surface area (Å²) in [5.74, 6) is -0.0191. The van der Waals surface area contributed by atoms with Gasteiger partial charge in [-0.1, -0.05) is 6.92 Å². The third-order valence-electron chi connectivity index (χ3n) is 0.840. The fourth-order valence-corrected chi connectivity index (χ4v) is 0.403. The molecular formula is C6H10O2V. The molecular weight excluding hydrogens is 155 g/mol. The first-order valence-electron chi connectivity index (χ1n) is 2.68. The summed E-state index contributed by atoms with van der Waals surface area (Å²) in [6.45, 7) is 3.18. The molecule has 0 N–H and O–H groups in total. The van der Waals surface area contributed by atoms with Gasteiger partial charge in [0.25, 0.3) is 0 Å². The Hall–Kier alpha value is -0.0756. The number of rotatable bonds is 3. The first-order valence-corrected chi connectivity index (χ1v) is 2.68. The van der Waals surface area contributed by atoms with E-state index in [0.717, 1.165) is 0 Å². The number of ketones is 2. The molecule has 0 saturated carbocycles. The van der Waals surface area contributed by atoms with E-state index in [2.05, 4.69) is 0 Å². The van der Waals surface area contributed by atoms with Crippen LogP contribution in [0.25, 0.3) is 0 Å². The van der Waals surface area contributed by atoms with E-state index >= 15 is 0 Å². The van der Waals surface area contributed by atoms with Crippen LogP contribution < -0.4 is 0 Å². The van der Waals surface area contributed by atoms with Crippen molar-refractivity contribution in [3.05, 3.63) is 0 Å². The SMILES string of the molecule is CCC(=O)CC(C)=O.[V]. The molecule has 0 heterocycles. The summed E-state index contributed by atoms with van der Waals surface area (Å²) in [4.78, 5) is 20.6. The Labute approximate surface area is 66.9 Å². The molecule has 0 aromatic rings. The quantitative estimate of drug-likeness (QED) is 0.583.